The van der Waals surface area contributed by atoms with Gasteiger partial charge in [-0.25, -0.2) is 18.1 Å². The molecule has 0 spiro atoms. The van der Waals surface area contributed by atoms with Crippen LogP contribution in [0.1, 0.15) is 24.6 Å². The average molecular weight is 330 g/mol. The standard InChI is InChI=1S/C11H14N4O2S3/c16-20(17,9-2-1-7-18-9)13-6-5-12-11-14-10(15-19-11)8-3-4-8/h1-2,7-8,13H,3-6H2,(H,12,14,15). The first kappa shape index (κ1) is 13.9. The van der Waals surface area contributed by atoms with Crippen molar-refractivity contribution in [3.8, 4) is 0 Å². The molecular formula is C11H14N4O2S3. The fourth-order valence-electron chi connectivity index (χ4n) is 1.66. The van der Waals surface area contributed by atoms with Crippen LogP contribution in [0.5, 0.6) is 0 Å². The predicted molar refractivity (Wildman–Crippen MR) is 79.9 cm³/mol. The first-order valence-corrected chi connectivity index (χ1v) is 9.39. The molecule has 2 aromatic heterocycles. The van der Waals surface area contributed by atoms with E-state index in [-0.39, 0.29) is 0 Å². The molecule has 0 bridgehead atoms. The normalized spacial score (nSPS) is 15.4. The highest BCUT2D eigenvalue weighted by molar-refractivity contribution is 7.91. The number of nitrogens with zero attached hydrogens (tertiary/aromatic N) is 2. The van der Waals surface area contributed by atoms with Gasteiger partial charge in [0, 0.05) is 30.5 Å². The first-order chi connectivity index (χ1) is 9.65. The molecule has 2 heterocycles. The second-order valence-corrected chi connectivity index (χ2v) is 8.18. The van der Waals surface area contributed by atoms with Crippen molar-refractivity contribution < 1.29 is 8.42 Å². The van der Waals surface area contributed by atoms with E-state index in [2.05, 4.69) is 19.4 Å². The number of hydrogen-bond acceptors (Lipinski definition) is 7. The van der Waals surface area contributed by atoms with Gasteiger partial charge in [-0.15, -0.1) is 11.3 Å². The Labute approximate surface area is 125 Å². The van der Waals surface area contributed by atoms with Gasteiger partial charge in [0.2, 0.25) is 15.2 Å². The van der Waals surface area contributed by atoms with Crippen LogP contribution < -0.4 is 10.0 Å². The van der Waals surface area contributed by atoms with Crippen molar-refractivity contribution in [1.29, 1.82) is 0 Å². The Kier molecular flexibility index (Phi) is 4.01. The Bertz CT molecular complexity index is 662. The number of rotatable bonds is 7. The molecule has 2 aromatic rings. The fraction of sp³-hybridized carbons (Fsp3) is 0.455. The van der Waals surface area contributed by atoms with Crippen LogP contribution in [0, 0.1) is 0 Å². The zero-order valence-electron chi connectivity index (χ0n) is 10.6. The third kappa shape index (κ3) is 3.35. The molecule has 0 aromatic carbocycles. The first-order valence-electron chi connectivity index (χ1n) is 6.26. The molecular weight excluding hydrogens is 316 g/mol. The van der Waals surface area contributed by atoms with Gasteiger partial charge in [0.15, 0.2) is 0 Å². The molecule has 0 amide bonds. The van der Waals surface area contributed by atoms with Crippen LogP contribution in [-0.2, 0) is 10.0 Å². The van der Waals surface area contributed by atoms with Crippen LogP contribution in [-0.4, -0.2) is 30.9 Å². The van der Waals surface area contributed by atoms with Gasteiger partial charge in [0.05, 0.1) is 0 Å². The Morgan fingerprint density at radius 2 is 2.20 bits per heavy atom. The molecule has 2 N–H and O–H groups in total. The largest absolute Gasteiger partial charge is 0.359 e. The van der Waals surface area contributed by atoms with Crippen LogP contribution in [0.25, 0.3) is 0 Å². The van der Waals surface area contributed by atoms with Gasteiger partial charge in [-0.3, -0.25) is 0 Å². The van der Waals surface area contributed by atoms with E-state index in [4.69, 9.17) is 0 Å². The molecule has 9 heteroatoms. The minimum absolute atomic E-state index is 0.318. The lowest BCUT2D eigenvalue weighted by Gasteiger charge is -2.04. The van der Waals surface area contributed by atoms with Crippen LogP contribution in [0.3, 0.4) is 0 Å². The SMILES string of the molecule is O=S(=O)(NCCNc1nc(C2CC2)ns1)c1cccs1. The third-order valence-corrected chi connectivity index (χ3v) is 6.38. The minimum Gasteiger partial charge on any atom is -0.359 e. The summed E-state index contributed by atoms with van der Waals surface area (Å²) in [7, 11) is -3.37. The summed E-state index contributed by atoms with van der Waals surface area (Å²) in [5.74, 6) is 1.45. The third-order valence-electron chi connectivity index (χ3n) is 2.84. The quantitative estimate of drug-likeness (QED) is 0.757. The van der Waals surface area contributed by atoms with Crippen molar-refractivity contribution in [2.45, 2.75) is 23.0 Å². The zero-order valence-corrected chi connectivity index (χ0v) is 13.0. The van der Waals surface area contributed by atoms with E-state index in [1.807, 2.05) is 0 Å². The van der Waals surface area contributed by atoms with E-state index >= 15 is 0 Å². The molecule has 0 aliphatic heterocycles. The lowest BCUT2D eigenvalue weighted by atomic mass is 10.4. The van der Waals surface area contributed by atoms with Crippen LogP contribution in [0.15, 0.2) is 21.7 Å². The molecule has 1 aliphatic rings. The van der Waals surface area contributed by atoms with E-state index in [0.717, 1.165) is 11.0 Å². The van der Waals surface area contributed by atoms with Crippen molar-refractivity contribution in [3.05, 3.63) is 23.3 Å². The molecule has 1 fully saturated rings. The lowest BCUT2D eigenvalue weighted by Crippen LogP contribution is -2.28. The Morgan fingerprint density at radius 3 is 2.90 bits per heavy atom. The topological polar surface area (TPSA) is 84.0 Å². The summed E-state index contributed by atoms with van der Waals surface area (Å²) in [6.45, 7) is 0.808. The van der Waals surface area contributed by atoms with Crippen molar-refractivity contribution in [2.75, 3.05) is 18.4 Å². The van der Waals surface area contributed by atoms with Crippen molar-refractivity contribution in [2.24, 2.45) is 0 Å². The van der Waals surface area contributed by atoms with Gasteiger partial charge < -0.3 is 5.32 Å². The van der Waals surface area contributed by atoms with Crippen molar-refractivity contribution in [1.82, 2.24) is 14.1 Å². The number of anilines is 1. The number of nitrogens with one attached hydrogen (secondary N) is 2. The van der Waals surface area contributed by atoms with E-state index in [1.54, 1.807) is 17.5 Å². The highest BCUT2D eigenvalue weighted by Gasteiger charge is 2.27. The highest BCUT2D eigenvalue weighted by Crippen LogP contribution is 2.39. The molecule has 1 saturated carbocycles. The van der Waals surface area contributed by atoms with Crippen LogP contribution >= 0.6 is 22.9 Å². The summed E-state index contributed by atoms with van der Waals surface area (Å²) in [4.78, 5) is 4.38. The summed E-state index contributed by atoms with van der Waals surface area (Å²) >= 11 is 2.53. The van der Waals surface area contributed by atoms with Crippen LogP contribution in [0.4, 0.5) is 5.13 Å². The Morgan fingerprint density at radius 1 is 1.35 bits per heavy atom. The summed E-state index contributed by atoms with van der Waals surface area (Å²) in [6, 6.07) is 3.31. The maximum absolute atomic E-state index is 11.9. The molecule has 1 aliphatic carbocycles. The van der Waals surface area contributed by atoms with E-state index in [9.17, 15) is 8.42 Å². The monoisotopic (exact) mass is 330 g/mol. The number of sulfonamides is 1. The number of thiophene rings is 1. The zero-order chi connectivity index (χ0) is 14.0. The van der Waals surface area contributed by atoms with Crippen molar-refractivity contribution >= 4 is 38.0 Å². The Balaban J connectivity index is 1.45. The molecule has 0 saturated heterocycles. The summed E-state index contributed by atoms with van der Waals surface area (Å²) < 4.78 is 30.9. The molecule has 3 rings (SSSR count). The van der Waals surface area contributed by atoms with Gasteiger partial charge in [0.1, 0.15) is 10.0 Å². The second kappa shape index (κ2) is 5.76. The second-order valence-electron chi connectivity index (χ2n) is 4.49. The molecule has 20 heavy (non-hydrogen) atoms. The molecule has 108 valence electrons. The summed E-state index contributed by atoms with van der Waals surface area (Å²) in [5, 5.41) is 5.58. The smallest absolute Gasteiger partial charge is 0.250 e. The van der Waals surface area contributed by atoms with Gasteiger partial charge in [-0.2, -0.15) is 4.37 Å². The maximum atomic E-state index is 11.9. The van der Waals surface area contributed by atoms with Gasteiger partial charge in [-0.05, 0) is 24.3 Å². The van der Waals surface area contributed by atoms with E-state index in [0.29, 0.717) is 23.2 Å². The van der Waals surface area contributed by atoms with Crippen molar-refractivity contribution in [3.63, 3.8) is 0 Å². The minimum atomic E-state index is -3.37. The number of hydrogen-bond donors (Lipinski definition) is 2. The lowest BCUT2D eigenvalue weighted by molar-refractivity contribution is 0.585. The van der Waals surface area contributed by atoms with Gasteiger partial charge in [-0.1, -0.05) is 6.07 Å². The van der Waals surface area contributed by atoms with Gasteiger partial charge in [0.25, 0.3) is 0 Å². The summed E-state index contributed by atoms with van der Waals surface area (Å²) in [5.41, 5.74) is 0. The average Bonchev–Trinajstić information content (AvgIpc) is 2.95. The predicted octanol–water partition coefficient (Wildman–Crippen LogP) is 1.87. The highest BCUT2D eigenvalue weighted by atomic mass is 32.2. The molecule has 6 nitrogen and oxygen atoms in total. The van der Waals surface area contributed by atoms with E-state index < -0.39 is 10.0 Å². The fourth-order valence-corrected chi connectivity index (χ4v) is 4.40. The molecule has 0 unspecified atom stereocenters. The maximum Gasteiger partial charge on any atom is 0.250 e. The molecule has 0 radical (unpaired) electrons. The summed E-state index contributed by atoms with van der Waals surface area (Å²) in [6.07, 6.45) is 2.35. The van der Waals surface area contributed by atoms with Gasteiger partial charge >= 0.3 is 0 Å². The van der Waals surface area contributed by atoms with Crippen LogP contribution in [0.2, 0.25) is 0 Å². The molecule has 0 atom stereocenters. The number of aromatic nitrogens is 2. The Hall–Kier alpha value is -1.03. The van der Waals surface area contributed by atoms with E-state index in [1.165, 1.54) is 35.7 Å².